The van der Waals surface area contributed by atoms with Gasteiger partial charge in [-0.2, -0.15) is 13.2 Å². The van der Waals surface area contributed by atoms with Crippen molar-refractivity contribution < 1.29 is 13.2 Å². The number of nitrogens with one attached hydrogen (secondary N) is 1. The van der Waals surface area contributed by atoms with Crippen LogP contribution in [0.4, 0.5) is 13.2 Å². The van der Waals surface area contributed by atoms with E-state index in [0.29, 0.717) is 0 Å². The van der Waals surface area contributed by atoms with E-state index in [9.17, 15) is 13.2 Å². The molecule has 0 aliphatic heterocycles. The Kier molecular flexibility index (Phi) is 3.57. The molecule has 1 heterocycles. The summed E-state index contributed by atoms with van der Waals surface area (Å²) in [6.07, 6.45) is -2.28. The van der Waals surface area contributed by atoms with E-state index in [1.807, 2.05) is 29.8 Å². The van der Waals surface area contributed by atoms with E-state index in [1.165, 1.54) is 0 Å². The van der Waals surface area contributed by atoms with Gasteiger partial charge >= 0.3 is 6.18 Å². The van der Waals surface area contributed by atoms with Gasteiger partial charge in [0.1, 0.15) is 0 Å². The molecule has 0 aromatic carbocycles. The van der Waals surface area contributed by atoms with E-state index in [2.05, 4.69) is 5.32 Å². The van der Waals surface area contributed by atoms with Crippen molar-refractivity contribution in [3.8, 4) is 0 Å². The minimum absolute atomic E-state index is 0.250. The van der Waals surface area contributed by atoms with Crippen LogP contribution in [0.3, 0.4) is 0 Å². The lowest BCUT2D eigenvalue weighted by Gasteiger charge is -2.09. The number of hydrogen-bond acceptors (Lipinski definition) is 1. The van der Waals surface area contributed by atoms with Gasteiger partial charge in [0, 0.05) is 25.0 Å². The first-order valence-corrected chi connectivity index (χ1v) is 4.44. The number of alkyl halides is 3. The molecule has 0 unspecified atom stereocenters. The predicted octanol–water partition coefficient (Wildman–Crippen LogP) is 2.16. The Morgan fingerprint density at radius 3 is 2.71 bits per heavy atom. The number of hydrogen-bond donors (Lipinski definition) is 1. The lowest BCUT2D eigenvalue weighted by molar-refractivity contribution is -0.125. The monoisotopic (exact) mass is 206 g/mol. The first-order chi connectivity index (χ1) is 6.53. The van der Waals surface area contributed by atoms with Gasteiger partial charge in [0.2, 0.25) is 0 Å². The van der Waals surface area contributed by atoms with Crippen molar-refractivity contribution in [2.24, 2.45) is 0 Å². The molecule has 0 radical (unpaired) electrons. The van der Waals surface area contributed by atoms with Gasteiger partial charge in [0.15, 0.2) is 0 Å². The molecule has 1 aromatic rings. The molecular formula is C9H13F3N2. The Morgan fingerprint density at radius 1 is 1.43 bits per heavy atom. The summed E-state index contributed by atoms with van der Waals surface area (Å²) in [7, 11) is 0. The van der Waals surface area contributed by atoms with Gasteiger partial charge in [-0.15, -0.1) is 0 Å². The van der Waals surface area contributed by atoms with Crippen LogP contribution in [0.2, 0.25) is 0 Å². The van der Waals surface area contributed by atoms with Crippen molar-refractivity contribution in [2.75, 3.05) is 6.54 Å². The van der Waals surface area contributed by atoms with E-state index in [4.69, 9.17) is 0 Å². The summed E-state index contributed by atoms with van der Waals surface area (Å²) in [5.41, 5.74) is 0.872. The first-order valence-electron chi connectivity index (χ1n) is 4.44. The van der Waals surface area contributed by atoms with Crippen LogP contribution in [0.25, 0.3) is 0 Å². The van der Waals surface area contributed by atoms with Crippen molar-refractivity contribution in [2.45, 2.75) is 26.2 Å². The van der Waals surface area contributed by atoms with Gasteiger partial charge in [-0.05, 0) is 19.1 Å². The summed E-state index contributed by atoms with van der Waals surface area (Å²) in [6.45, 7) is 2.03. The third-order valence-electron chi connectivity index (χ3n) is 1.90. The molecule has 1 rings (SSSR count). The lowest BCUT2D eigenvalue weighted by atomic mass is 10.4. The number of rotatable bonds is 4. The molecule has 5 heteroatoms. The third kappa shape index (κ3) is 3.41. The van der Waals surface area contributed by atoms with E-state index in [0.717, 1.165) is 12.2 Å². The summed E-state index contributed by atoms with van der Waals surface area (Å²) in [5.74, 6) is 0. The highest BCUT2D eigenvalue weighted by molar-refractivity contribution is 5.06. The van der Waals surface area contributed by atoms with Crippen LogP contribution in [-0.2, 0) is 13.1 Å². The molecule has 0 fully saturated rings. The van der Waals surface area contributed by atoms with Crippen molar-refractivity contribution >= 4 is 0 Å². The maximum atomic E-state index is 11.8. The first kappa shape index (κ1) is 11.1. The van der Waals surface area contributed by atoms with Gasteiger partial charge in [-0.25, -0.2) is 0 Å². The number of halogens is 3. The Balaban J connectivity index is 2.38. The Bertz CT molecular complexity index is 278. The third-order valence-corrected chi connectivity index (χ3v) is 1.90. The second-order valence-electron chi connectivity index (χ2n) is 3.00. The topological polar surface area (TPSA) is 17.0 Å². The lowest BCUT2D eigenvalue weighted by Crippen LogP contribution is -2.28. The zero-order chi connectivity index (χ0) is 10.6. The molecule has 0 spiro atoms. The molecule has 2 nitrogen and oxygen atoms in total. The second-order valence-corrected chi connectivity index (χ2v) is 3.00. The zero-order valence-corrected chi connectivity index (χ0v) is 7.93. The molecule has 0 saturated carbocycles. The quantitative estimate of drug-likeness (QED) is 0.798. The van der Waals surface area contributed by atoms with E-state index in [-0.39, 0.29) is 6.54 Å². The van der Waals surface area contributed by atoms with Crippen LogP contribution < -0.4 is 5.32 Å². The number of nitrogens with zero attached hydrogens (tertiary/aromatic N) is 1. The average Bonchev–Trinajstić information content (AvgIpc) is 2.49. The minimum Gasteiger partial charge on any atom is -0.351 e. The highest BCUT2D eigenvalue weighted by atomic mass is 19.4. The van der Waals surface area contributed by atoms with Crippen molar-refractivity contribution in [1.82, 2.24) is 9.88 Å². The molecule has 0 atom stereocenters. The maximum Gasteiger partial charge on any atom is 0.401 e. The minimum atomic E-state index is -4.14. The second kappa shape index (κ2) is 4.50. The van der Waals surface area contributed by atoms with Crippen molar-refractivity contribution in [3.63, 3.8) is 0 Å². The molecule has 80 valence electrons. The summed E-state index contributed by atoms with van der Waals surface area (Å²) in [4.78, 5) is 0. The standard InChI is InChI=1S/C9H13F3N2/c1-2-14-5-3-4-8(14)6-13-7-9(10,11)12/h3-5,13H,2,6-7H2,1H3. The molecule has 0 aliphatic carbocycles. The number of aromatic nitrogens is 1. The van der Waals surface area contributed by atoms with E-state index >= 15 is 0 Å². The maximum absolute atomic E-state index is 11.8. The van der Waals surface area contributed by atoms with E-state index in [1.54, 1.807) is 0 Å². The van der Waals surface area contributed by atoms with Gasteiger partial charge in [0.25, 0.3) is 0 Å². The smallest absolute Gasteiger partial charge is 0.351 e. The molecular weight excluding hydrogens is 193 g/mol. The predicted molar refractivity (Wildman–Crippen MR) is 47.9 cm³/mol. The van der Waals surface area contributed by atoms with Gasteiger partial charge in [-0.1, -0.05) is 0 Å². The van der Waals surface area contributed by atoms with Crippen LogP contribution in [0.5, 0.6) is 0 Å². The van der Waals surface area contributed by atoms with Gasteiger partial charge in [-0.3, -0.25) is 0 Å². The normalized spacial score (nSPS) is 12.0. The highest BCUT2D eigenvalue weighted by Crippen LogP contribution is 2.12. The summed E-state index contributed by atoms with van der Waals surface area (Å²) in [5, 5.41) is 2.36. The molecule has 0 bridgehead atoms. The van der Waals surface area contributed by atoms with Crippen LogP contribution in [0, 0.1) is 0 Å². The Labute approximate surface area is 80.7 Å². The SMILES string of the molecule is CCn1cccc1CNCC(F)(F)F. The molecule has 0 aliphatic rings. The fourth-order valence-corrected chi connectivity index (χ4v) is 1.25. The fourth-order valence-electron chi connectivity index (χ4n) is 1.25. The van der Waals surface area contributed by atoms with Crippen LogP contribution >= 0.6 is 0 Å². The summed E-state index contributed by atoms with van der Waals surface area (Å²) < 4.78 is 37.3. The van der Waals surface area contributed by atoms with Crippen LogP contribution in [0.15, 0.2) is 18.3 Å². The molecule has 14 heavy (non-hydrogen) atoms. The summed E-state index contributed by atoms with van der Waals surface area (Å²) in [6, 6.07) is 3.64. The van der Waals surface area contributed by atoms with E-state index < -0.39 is 12.7 Å². The fraction of sp³-hybridized carbons (Fsp3) is 0.556. The summed E-state index contributed by atoms with van der Waals surface area (Å²) >= 11 is 0. The van der Waals surface area contributed by atoms with Crippen molar-refractivity contribution in [1.29, 1.82) is 0 Å². The highest BCUT2D eigenvalue weighted by Gasteiger charge is 2.26. The largest absolute Gasteiger partial charge is 0.401 e. The zero-order valence-electron chi connectivity index (χ0n) is 7.93. The van der Waals surface area contributed by atoms with Crippen LogP contribution in [0.1, 0.15) is 12.6 Å². The molecule has 0 amide bonds. The molecule has 1 N–H and O–H groups in total. The Hall–Kier alpha value is -0.970. The van der Waals surface area contributed by atoms with Crippen LogP contribution in [-0.4, -0.2) is 17.3 Å². The van der Waals surface area contributed by atoms with Gasteiger partial charge in [0.05, 0.1) is 6.54 Å². The van der Waals surface area contributed by atoms with Gasteiger partial charge < -0.3 is 9.88 Å². The number of aryl methyl sites for hydroxylation is 1. The Morgan fingerprint density at radius 2 is 2.14 bits per heavy atom. The van der Waals surface area contributed by atoms with Crippen molar-refractivity contribution in [3.05, 3.63) is 24.0 Å². The average molecular weight is 206 g/mol. The molecule has 0 saturated heterocycles. The molecule has 1 aromatic heterocycles.